The minimum absolute atomic E-state index is 0.258. The van der Waals surface area contributed by atoms with Gasteiger partial charge in [-0.25, -0.2) is 4.98 Å². The second kappa shape index (κ2) is 4.66. The van der Waals surface area contributed by atoms with Crippen molar-refractivity contribution in [2.24, 2.45) is 7.05 Å². The topological polar surface area (TPSA) is 41.3 Å². The SMILES string of the molecule is Cn1ccnc1N(CCCO)C1CCC1. The highest BCUT2D eigenvalue weighted by Crippen LogP contribution is 2.28. The summed E-state index contributed by atoms with van der Waals surface area (Å²) in [6.07, 6.45) is 8.48. The van der Waals surface area contributed by atoms with E-state index in [4.69, 9.17) is 5.11 Å². The fraction of sp³-hybridized carbons (Fsp3) is 0.727. The molecule has 0 saturated heterocycles. The Bertz CT molecular complexity index is 307. The van der Waals surface area contributed by atoms with Gasteiger partial charge < -0.3 is 14.6 Å². The highest BCUT2D eigenvalue weighted by molar-refractivity contribution is 5.33. The third-order valence-corrected chi connectivity index (χ3v) is 3.13. The van der Waals surface area contributed by atoms with Crippen molar-refractivity contribution in [2.45, 2.75) is 31.7 Å². The summed E-state index contributed by atoms with van der Waals surface area (Å²) in [5.74, 6) is 1.04. The minimum atomic E-state index is 0.258. The smallest absolute Gasteiger partial charge is 0.205 e. The fourth-order valence-corrected chi connectivity index (χ4v) is 2.02. The average molecular weight is 209 g/mol. The summed E-state index contributed by atoms with van der Waals surface area (Å²) in [6, 6.07) is 0.637. The van der Waals surface area contributed by atoms with Crippen molar-refractivity contribution < 1.29 is 5.11 Å². The summed E-state index contributed by atoms with van der Waals surface area (Å²) in [4.78, 5) is 6.71. The first kappa shape index (κ1) is 10.5. The van der Waals surface area contributed by atoms with Crippen molar-refractivity contribution in [3.8, 4) is 0 Å². The van der Waals surface area contributed by atoms with Gasteiger partial charge in [-0.1, -0.05) is 0 Å². The van der Waals surface area contributed by atoms with Crippen LogP contribution in [0.15, 0.2) is 12.4 Å². The summed E-state index contributed by atoms with van der Waals surface area (Å²) >= 11 is 0. The van der Waals surface area contributed by atoms with E-state index >= 15 is 0 Å². The van der Waals surface area contributed by atoms with E-state index in [-0.39, 0.29) is 6.61 Å². The molecule has 1 aromatic heterocycles. The molecular weight excluding hydrogens is 190 g/mol. The van der Waals surface area contributed by atoms with Crippen LogP contribution in [-0.4, -0.2) is 33.9 Å². The molecule has 0 aromatic carbocycles. The van der Waals surface area contributed by atoms with Gasteiger partial charge in [0.05, 0.1) is 0 Å². The maximum atomic E-state index is 8.90. The van der Waals surface area contributed by atoms with Gasteiger partial charge in [0.1, 0.15) is 0 Å². The maximum Gasteiger partial charge on any atom is 0.205 e. The molecule has 0 unspecified atom stereocenters. The van der Waals surface area contributed by atoms with Crippen LogP contribution < -0.4 is 4.90 Å². The zero-order chi connectivity index (χ0) is 10.7. The van der Waals surface area contributed by atoms with Gasteiger partial charge >= 0.3 is 0 Å². The van der Waals surface area contributed by atoms with Crippen LogP contribution in [-0.2, 0) is 7.05 Å². The summed E-state index contributed by atoms with van der Waals surface area (Å²) in [5.41, 5.74) is 0. The van der Waals surface area contributed by atoms with E-state index in [1.807, 2.05) is 19.4 Å². The molecular formula is C11H19N3O. The van der Waals surface area contributed by atoms with Crippen molar-refractivity contribution >= 4 is 5.95 Å². The number of aliphatic hydroxyl groups is 1. The molecule has 1 N–H and O–H groups in total. The van der Waals surface area contributed by atoms with E-state index in [9.17, 15) is 0 Å². The lowest BCUT2D eigenvalue weighted by atomic mass is 9.91. The molecule has 1 heterocycles. The van der Waals surface area contributed by atoms with Crippen LogP contribution >= 0.6 is 0 Å². The number of aliphatic hydroxyl groups excluding tert-OH is 1. The number of anilines is 1. The average Bonchev–Trinajstić information content (AvgIpc) is 2.55. The zero-order valence-corrected chi connectivity index (χ0v) is 9.26. The third kappa shape index (κ3) is 2.15. The number of hydrogen-bond acceptors (Lipinski definition) is 3. The fourth-order valence-electron chi connectivity index (χ4n) is 2.02. The molecule has 0 radical (unpaired) electrons. The molecule has 1 aromatic rings. The molecule has 84 valence electrons. The molecule has 1 saturated carbocycles. The number of rotatable bonds is 5. The van der Waals surface area contributed by atoms with Crippen molar-refractivity contribution in [3.05, 3.63) is 12.4 Å². The Labute approximate surface area is 90.5 Å². The Kier molecular flexibility index (Phi) is 3.26. The van der Waals surface area contributed by atoms with E-state index in [0.29, 0.717) is 6.04 Å². The van der Waals surface area contributed by atoms with Gasteiger partial charge in [-0.15, -0.1) is 0 Å². The minimum Gasteiger partial charge on any atom is -0.396 e. The number of aromatic nitrogens is 2. The van der Waals surface area contributed by atoms with Gasteiger partial charge in [-0.3, -0.25) is 0 Å². The maximum absolute atomic E-state index is 8.90. The second-order valence-electron chi connectivity index (χ2n) is 4.19. The van der Waals surface area contributed by atoms with Gasteiger partial charge in [0.2, 0.25) is 5.95 Å². The molecule has 0 aliphatic heterocycles. The Morgan fingerprint density at radius 2 is 2.40 bits per heavy atom. The van der Waals surface area contributed by atoms with E-state index in [0.717, 1.165) is 18.9 Å². The Morgan fingerprint density at radius 3 is 2.87 bits per heavy atom. The second-order valence-corrected chi connectivity index (χ2v) is 4.19. The number of aryl methyl sites for hydroxylation is 1. The van der Waals surface area contributed by atoms with Gasteiger partial charge in [0.25, 0.3) is 0 Å². The van der Waals surface area contributed by atoms with Crippen LogP contribution in [0.4, 0.5) is 5.95 Å². The van der Waals surface area contributed by atoms with Gasteiger partial charge in [-0.2, -0.15) is 0 Å². The van der Waals surface area contributed by atoms with Crippen LogP contribution in [0.1, 0.15) is 25.7 Å². The predicted molar refractivity (Wildman–Crippen MR) is 59.9 cm³/mol. The quantitative estimate of drug-likeness (QED) is 0.791. The standard InChI is InChI=1S/C11H19N3O/c1-13-8-6-12-11(13)14(7-3-9-15)10-4-2-5-10/h6,8,10,15H,2-5,7,9H2,1H3. The van der Waals surface area contributed by atoms with Crippen LogP contribution in [0, 0.1) is 0 Å². The van der Waals surface area contributed by atoms with Crippen LogP contribution in [0.25, 0.3) is 0 Å². The van der Waals surface area contributed by atoms with Crippen molar-refractivity contribution in [1.82, 2.24) is 9.55 Å². The lowest BCUT2D eigenvalue weighted by Crippen LogP contribution is -2.42. The summed E-state index contributed by atoms with van der Waals surface area (Å²) in [6.45, 7) is 1.17. The molecule has 0 bridgehead atoms. The molecule has 2 rings (SSSR count). The first-order chi connectivity index (χ1) is 7.33. The Morgan fingerprint density at radius 1 is 1.60 bits per heavy atom. The van der Waals surface area contributed by atoms with Crippen LogP contribution in [0.2, 0.25) is 0 Å². The van der Waals surface area contributed by atoms with Crippen molar-refractivity contribution in [3.63, 3.8) is 0 Å². The van der Waals surface area contributed by atoms with Crippen molar-refractivity contribution in [2.75, 3.05) is 18.1 Å². The summed E-state index contributed by atoms with van der Waals surface area (Å²) in [7, 11) is 2.02. The van der Waals surface area contributed by atoms with Gasteiger partial charge in [0, 0.05) is 38.6 Å². The van der Waals surface area contributed by atoms with E-state index in [1.165, 1.54) is 19.3 Å². The monoisotopic (exact) mass is 209 g/mol. The Hall–Kier alpha value is -1.03. The highest BCUT2D eigenvalue weighted by Gasteiger charge is 2.26. The van der Waals surface area contributed by atoms with Gasteiger partial charge in [0.15, 0.2) is 0 Å². The van der Waals surface area contributed by atoms with E-state index < -0.39 is 0 Å². The molecule has 0 spiro atoms. The third-order valence-electron chi connectivity index (χ3n) is 3.13. The highest BCUT2D eigenvalue weighted by atomic mass is 16.3. The molecule has 0 amide bonds. The lowest BCUT2D eigenvalue weighted by molar-refractivity contribution is 0.282. The number of nitrogens with zero attached hydrogens (tertiary/aromatic N) is 3. The first-order valence-corrected chi connectivity index (χ1v) is 5.67. The molecule has 4 nitrogen and oxygen atoms in total. The summed E-state index contributed by atoms with van der Waals surface area (Å²) < 4.78 is 2.05. The lowest BCUT2D eigenvalue weighted by Gasteiger charge is -2.38. The number of hydrogen-bond donors (Lipinski definition) is 1. The van der Waals surface area contributed by atoms with Crippen LogP contribution in [0.5, 0.6) is 0 Å². The molecule has 0 atom stereocenters. The molecule has 1 fully saturated rings. The number of imidazole rings is 1. The molecule has 4 heteroatoms. The van der Waals surface area contributed by atoms with E-state index in [1.54, 1.807) is 0 Å². The Balaban J connectivity index is 2.07. The van der Waals surface area contributed by atoms with E-state index in [2.05, 4.69) is 14.5 Å². The van der Waals surface area contributed by atoms with Crippen molar-refractivity contribution in [1.29, 1.82) is 0 Å². The molecule has 15 heavy (non-hydrogen) atoms. The first-order valence-electron chi connectivity index (χ1n) is 5.67. The normalized spacial score (nSPS) is 16.4. The zero-order valence-electron chi connectivity index (χ0n) is 9.26. The molecule has 1 aliphatic carbocycles. The molecule has 1 aliphatic rings. The summed E-state index contributed by atoms with van der Waals surface area (Å²) in [5, 5.41) is 8.90. The largest absolute Gasteiger partial charge is 0.396 e. The predicted octanol–water partition coefficient (Wildman–Crippen LogP) is 1.16. The van der Waals surface area contributed by atoms with Gasteiger partial charge in [-0.05, 0) is 25.7 Å². The van der Waals surface area contributed by atoms with Crippen LogP contribution in [0.3, 0.4) is 0 Å².